The minimum absolute atomic E-state index is 0.204. The Kier molecular flexibility index (Phi) is 5.48. The summed E-state index contributed by atoms with van der Waals surface area (Å²) in [6.07, 6.45) is 1.62. The van der Waals surface area contributed by atoms with E-state index in [2.05, 4.69) is 15.8 Å². The molecule has 0 bridgehead atoms. The van der Waals surface area contributed by atoms with Gasteiger partial charge in [0.25, 0.3) is 11.8 Å². The molecular formula is C16H17N3O3S. The highest BCUT2D eigenvalue weighted by Crippen LogP contribution is 2.16. The number of H-pyrrole nitrogens is 1. The van der Waals surface area contributed by atoms with Gasteiger partial charge in [0.15, 0.2) is 6.61 Å². The number of benzene rings is 1. The summed E-state index contributed by atoms with van der Waals surface area (Å²) in [6.45, 7) is 3.76. The molecule has 6 nitrogen and oxygen atoms in total. The van der Waals surface area contributed by atoms with Gasteiger partial charge in [0.2, 0.25) is 0 Å². The summed E-state index contributed by atoms with van der Waals surface area (Å²) >= 11 is 4.99. The van der Waals surface area contributed by atoms with Crippen LogP contribution >= 0.6 is 12.2 Å². The van der Waals surface area contributed by atoms with Crippen LogP contribution in [0.15, 0.2) is 36.5 Å². The number of hydrazine groups is 1. The van der Waals surface area contributed by atoms with E-state index >= 15 is 0 Å². The predicted octanol–water partition coefficient (Wildman–Crippen LogP) is 2.20. The molecule has 0 spiro atoms. The molecule has 0 aliphatic carbocycles. The molecule has 7 heteroatoms. The number of nitrogens with one attached hydrogen (secondary N) is 3. The molecular weight excluding hydrogens is 314 g/mol. The van der Waals surface area contributed by atoms with Gasteiger partial charge in [-0.25, -0.2) is 0 Å². The van der Waals surface area contributed by atoms with Crippen LogP contribution in [0.1, 0.15) is 21.5 Å². The molecule has 0 fully saturated rings. The van der Waals surface area contributed by atoms with Gasteiger partial charge in [-0.05, 0) is 49.2 Å². The largest absolute Gasteiger partial charge is 0.484 e. The number of hydrogen-bond acceptors (Lipinski definition) is 4. The molecule has 1 heterocycles. The first-order valence-corrected chi connectivity index (χ1v) is 7.35. The molecule has 0 saturated carbocycles. The third-order valence-electron chi connectivity index (χ3n) is 3.23. The fourth-order valence-electron chi connectivity index (χ4n) is 1.78. The van der Waals surface area contributed by atoms with Gasteiger partial charge in [0.1, 0.15) is 10.4 Å². The van der Waals surface area contributed by atoms with Crippen LogP contribution < -0.4 is 15.6 Å². The standard InChI is InChI=1S/C16H17N3O3S/c1-10-5-6-12(8-11(10)2)22-9-14(20)18-19-15(21)13-4-3-7-17-16(13)23/h3-8H,9H2,1-2H3,(H,17,23)(H,18,20)(H,19,21). The maximum atomic E-state index is 11.9. The maximum Gasteiger partial charge on any atom is 0.276 e. The summed E-state index contributed by atoms with van der Waals surface area (Å²) in [6, 6.07) is 8.77. The van der Waals surface area contributed by atoms with Crippen LogP contribution in [0.3, 0.4) is 0 Å². The Morgan fingerprint density at radius 1 is 1.17 bits per heavy atom. The molecule has 0 radical (unpaired) electrons. The molecule has 0 aliphatic heterocycles. The van der Waals surface area contributed by atoms with Crippen molar-refractivity contribution in [2.75, 3.05) is 6.61 Å². The van der Waals surface area contributed by atoms with Gasteiger partial charge in [0.05, 0.1) is 5.56 Å². The van der Waals surface area contributed by atoms with Crippen LogP contribution in [0.25, 0.3) is 0 Å². The van der Waals surface area contributed by atoms with E-state index in [0.29, 0.717) is 10.4 Å². The summed E-state index contributed by atoms with van der Waals surface area (Å²) in [7, 11) is 0. The van der Waals surface area contributed by atoms with Crippen molar-refractivity contribution in [2.45, 2.75) is 13.8 Å². The lowest BCUT2D eigenvalue weighted by molar-refractivity contribution is -0.123. The van der Waals surface area contributed by atoms with Gasteiger partial charge >= 0.3 is 0 Å². The number of carbonyl (C=O) groups excluding carboxylic acids is 2. The van der Waals surface area contributed by atoms with Crippen molar-refractivity contribution in [3.63, 3.8) is 0 Å². The summed E-state index contributed by atoms with van der Waals surface area (Å²) in [5.74, 6) is -0.367. The Labute approximate surface area is 138 Å². The summed E-state index contributed by atoms with van der Waals surface area (Å²) in [5.41, 5.74) is 7.07. The van der Waals surface area contributed by atoms with Crippen LogP contribution in [-0.4, -0.2) is 23.4 Å². The highest BCUT2D eigenvalue weighted by Gasteiger charge is 2.09. The van der Waals surface area contributed by atoms with Crippen molar-refractivity contribution in [1.29, 1.82) is 0 Å². The van der Waals surface area contributed by atoms with Crippen molar-refractivity contribution in [3.05, 3.63) is 57.9 Å². The average Bonchev–Trinajstić information content (AvgIpc) is 2.54. The Morgan fingerprint density at radius 2 is 1.96 bits per heavy atom. The first kappa shape index (κ1) is 16.7. The van der Waals surface area contributed by atoms with E-state index in [1.54, 1.807) is 24.4 Å². The maximum absolute atomic E-state index is 11.9. The number of aryl methyl sites for hydroxylation is 2. The summed E-state index contributed by atoms with van der Waals surface area (Å²) < 4.78 is 5.67. The van der Waals surface area contributed by atoms with Crippen LogP contribution in [0.2, 0.25) is 0 Å². The fraction of sp³-hybridized carbons (Fsp3) is 0.188. The Balaban J connectivity index is 1.83. The lowest BCUT2D eigenvalue weighted by Crippen LogP contribution is -2.44. The van der Waals surface area contributed by atoms with Gasteiger partial charge in [-0.1, -0.05) is 18.3 Å². The molecule has 0 aliphatic rings. The monoisotopic (exact) mass is 331 g/mol. The molecule has 23 heavy (non-hydrogen) atoms. The van der Waals surface area contributed by atoms with Gasteiger partial charge in [-0.15, -0.1) is 0 Å². The molecule has 2 rings (SSSR count). The Bertz CT molecular complexity index is 786. The number of hydrogen-bond donors (Lipinski definition) is 3. The van der Waals surface area contributed by atoms with Crippen LogP contribution in [-0.2, 0) is 4.79 Å². The number of amides is 2. The minimum Gasteiger partial charge on any atom is -0.484 e. The summed E-state index contributed by atoms with van der Waals surface area (Å²) in [4.78, 5) is 26.3. The van der Waals surface area contributed by atoms with E-state index < -0.39 is 11.8 Å². The van der Waals surface area contributed by atoms with Crippen molar-refractivity contribution in [1.82, 2.24) is 15.8 Å². The number of ether oxygens (including phenoxy) is 1. The Hall–Kier alpha value is -2.67. The van der Waals surface area contributed by atoms with E-state index in [-0.39, 0.29) is 12.2 Å². The smallest absolute Gasteiger partial charge is 0.276 e. The van der Waals surface area contributed by atoms with Gasteiger partial charge in [-0.3, -0.25) is 20.4 Å². The molecule has 0 atom stereocenters. The van der Waals surface area contributed by atoms with Crippen LogP contribution in [0.5, 0.6) is 5.75 Å². The second-order valence-electron chi connectivity index (χ2n) is 4.95. The van der Waals surface area contributed by atoms with Gasteiger partial charge < -0.3 is 9.72 Å². The second-order valence-corrected chi connectivity index (χ2v) is 5.36. The lowest BCUT2D eigenvalue weighted by atomic mass is 10.1. The zero-order valence-electron chi connectivity index (χ0n) is 12.8. The molecule has 1 aromatic heterocycles. The van der Waals surface area contributed by atoms with Crippen molar-refractivity contribution in [3.8, 4) is 5.75 Å². The van der Waals surface area contributed by atoms with E-state index in [1.165, 1.54) is 0 Å². The van der Waals surface area contributed by atoms with E-state index in [1.807, 2.05) is 26.0 Å². The van der Waals surface area contributed by atoms with Crippen molar-refractivity contribution < 1.29 is 14.3 Å². The van der Waals surface area contributed by atoms with Crippen LogP contribution in [0.4, 0.5) is 0 Å². The minimum atomic E-state index is -0.494. The lowest BCUT2D eigenvalue weighted by Gasteiger charge is -2.10. The highest BCUT2D eigenvalue weighted by molar-refractivity contribution is 7.71. The molecule has 120 valence electrons. The number of pyridine rings is 1. The van der Waals surface area contributed by atoms with Gasteiger partial charge in [0, 0.05) is 6.20 Å². The van der Waals surface area contributed by atoms with Crippen LogP contribution in [0, 0.1) is 18.5 Å². The number of rotatable bonds is 4. The molecule has 0 unspecified atom stereocenters. The zero-order valence-corrected chi connectivity index (χ0v) is 13.6. The second kappa shape index (κ2) is 7.55. The normalized spacial score (nSPS) is 10.0. The quantitative estimate of drug-likeness (QED) is 0.592. The molecule has 2 amide bonds. The average molecular weight is 331 g/mol. The first-order valence-electron chi connectivity index (χ1n) is 6.94. The third kappa shape index (κ3) is 4.65. The topological polar surface area (TPSA) is 83.2 Å². The summed E-state index contributed by atoms with van der Waals surface area (Å²) in [5, 5.41) is 0. The number of aromatic nitrogens is 1. The molecule has 1 aromatic carbocycles. The fourth-order valence-corrected chi connectivity index (χ4v) is 2.01. The van der Waals surface area contributed by atoms with E-state index in [9.17, 15) is 9.59 Å². The molecule has 3 N–H and O–H groups in total. The third-order valence-corrected chi connectivity index (χ3v) is 3.56. The first-order chi connectivity index (χ1) is 11.0. The number of aromatic amines is 1. The molecule has 0 saturated heterocycles. The molecule has 2 aromatic rings. The number of carbonyl (C=O) groups is 2. The van der Waals surface area contributed by atoms with E-state index in [4.69, 9.17) is 17.0 Å². The van der Waals surface area contributed by atoms with E-state index in [0.717, 1.165) is 11.1 Å². The highest BCUT2D eigenvalue weighted by atomic mass is 32.1. The van der Waals surface area contributed by atoms with Crippen molar-refractivity contribution >= 4 is 24.0 Å². The predicted molar refractivity (Wildman–Crippen MR) is 88.6 cm³/mol. The van der Waals surface area contributed by atoms with Crippen molar-refractivity contribution in [2.24, 2.45) is 0 Å². The zero-order chi connectivity index (χ0) is 16.8. The van der Waals surface area contributed by atoms with Gasteiger partial charge in [-0.2, -0.15) is 0 Å². The Morgan fingerprint density at radius 3 is 2.65 bits per heavy atom. The SMILES string of the molecule is Cc1ccc(OCC(=O)NNC(=O)c2ccc[nH]c2=S)cc1C.